The maximum Gasteiger partial charge on any atom is 0.150 e. The van der Waals surface area contributed by atoms with Gasteiger partial charge in [0, 0.05) is 4.83 Å². The summed E-state index contributed by atoms with van der Waals surface area (Å²) < 4.78 is 28.7. The fraction of sp³-hybridized carbons (Fsp3) is 0.571. The Labute approximate surface area is 122 Å². The zero-order chi connectivity index (χ0) is 13.5. The van der Waals surface area contributed by atoms with Gasteiger partial charge in [0.1, 0.15) is 5.75 Å². The first kappa shape index (κ1) is 13.4. The van der Waals surface area contributed by atoms with Crippen molar-refractivity contribution < 1.29 is 13.2 Å². The van der Waals surface area contributed by atoms with Crippen molar-refractivity contribution in [3.05, 3.63) is 29.3 Å². The predicted molar refractivity (Wildman–Crippen MR) is 78.7 cm³/mol. The second kappa shape index (κ2) is 5.09. The molecule has 0 radical (unpaired) electrons. The Balaban J connectivity index is 1.82. The highest BCUT2D eigenvalue weighted by molar-refractivity contribution is 9.09. The van der Waals surface area contributed by atoms with Crippen molar-refractivity contribution in [2.45, 2.75) is 24.1 Å². The molecule has 2 aliphatic rings. The van der Waals surface area contributed by atoms with E-state index < -0.39 is 9.84 Å². The van der Waals surface area contributed by atoms with E-state index >= 15 is 0 Å². The smallest absolute Gasteiger partial charge is 0.150 e. The monoisotopic (exact) mass is 344 g/mol. The first-order valence-electron chi connectivity index (χ1n) is 6.65. The van der Waals surface area contributed by atoms with E-state index in [9.17, 15) is 8.42 Å². The lowest BCUT2D eigenvalue weighted by atomic mass is 9.95. The molecule has 2 aliphatic heterocycles. The summed E-state index contributed by atoms with van der Waals surface area (Å²) in [7, 11) is -2.82. The van der Waals surface area contributed by atoms with E-state index in [0.717, 1.165) is 31.6 Å². The van der Waals surface area contributed by atoms with Gasteiger partial charge >= 0.3 is 0 Å². The fourth-order valence-electron chi connectivity index (χ4n) is 2.88. The van der Waals surface area contributed by atoms with Gasteiger partial charge in [0.25, 0.3) is 0 Å². The average Bonchev–Trinajstić information content (AvgIpc) is 2.78. The molecule has 1 saturated heterocycles. The topological polar surface area (TPSA) is 43.4 Å². The van der Waals surface area contributed by atoms with E-state index in [1.54, 1.807) is 0 Å². The van der Waals surface area contributed by atoms with Gasteiger partial charge in [-0.1, -0.05) is 28.1 Å². The van der Waals surface area contributed by atoms with E-state index in [2.05, 4.69) is 28.1 Å². The van der Waals surface area contributed by atoms with Crippen LogP contribution in [0.5, 0.6) is 5.75 Å². The van der Waals surface area contributed by atoms with Gasteiger partial charge in [-0.25, -0.2) is 8.42 Å². The lowest BCUT2D eigenvalue weighted by Gasteiger charge is -2.21. The third-order valence-corrected chi connectivity index (χ3v) is 7.00. The molecular weight excluding hydrogens is 328 g/mol. The third kappa shape index (κ3) is 2.82. The highest BCUT2D eigenvalue weighted by atomic mass is 79.9. The van der Waals surface area contributed by atoms with Crippen molar-refractivity contribution in [1.29, 1.82) is 0 Å². The van der Waals surface area contributed by atoms with Crippen LogP contribution >= 0.6 is 15.9 Å². The number of hydrogen-bond acceptors (Lipinski definition) is 3. The van der Waals surface area contributed by atoms with Crippen molar-refractivity contribution >= 4 is 25.8 Å². The number of ether oxygens (including phenoxy) is 1. The van der Waals surface area contributed by atoms with Gasteiger partial charge < -0.3 is 4.74 Å². The Morgan fingerprint density at radius 2 is 2.21 bits per heavy atom. The minimum atomic E-state index is -2.82. The van der Waals surface area contributed by atoms with Gasteiger partial charge in [0.15, 0.2) is 9.84 Å². The second-order valence-corrected chi connectivity index (χ2v) is 8.60. The third-order valence-electron chi connectivity index (χ3n) is 3.93. The first-order chi connectivity index (χ1) is 9.05. The summed E-state index contributed by atoms with van der Waals surface area (Å²) in [5.74, 6) is 1.80. The molecular formula is C14H17BrO3S. The van der Waals surface area contributed by atoms with Crippen molar-refractivity contribution in [3.8, 4) is 5.75 Å². The number of sulfone groups is 1. The average molecular weight is 345 g/mol. The standard InChI is InChI=1S/C14H17BrO3S/c15-14(12-5-7-19(16,17)9-12)11-3-4-13-10(8-11)2-1-6-18-13/h3-4,8,12,14H,1-2,5-7,9H2. The van der Waals surface area contributed by atoms with Gasteiger partial charge in [0.05, 0.1) is 18.1 Å². The molecule has 2 unspecified atom stereocenters. The summed E-state index contributed by atoms with van der Waals surface area (Å²) in [5, 5.41) is 0. The molecule has 0 bridgehead atoms. The number of rotatable bonds is 2. The Bertz CT molecular complexity index is 582. The van der Waals surface area contributed by atoms with Crippen LogP contribution in [0.4, 0.5) is 0 Å². The first-order valence-corrected chi connectivity index (χ1v) is 9.39. The fourth-order valence-corrected chi connectivity index (χ4v) is 5.70. The largest absolute Gasteiger partial charge is 0.493 e. The van der Waals surface area contributed by atoms with Crippen molar-refractivity contribution in [1.82, 2.24) is 0 Å². The number of halogens is 1. The van der Waals surface area contributed by atoms with E-state index in [1.165, 1.54) is 11.1 Å². The molecule has 3 nitrogen and oxygen atoms in total. The zero-order valence-corrected chi connectivity index (χ0v) is 13.0. The van der Waals surface area contributed by atoms with Crippen LogP contribution in [0, 0.1) is 5.92 Å². The van der Waals surface area contributed by atoms with E-state index in [4.69, 9.17) is 4.74 Å². The van der Waals surface area contributed by atoms with Crippen LogP contribution in [0.3, 0.4) is 0 Å². The molecule has 0 N–H and O–H groups in total. The number of alkyl halides is 1. The Morgan fingerprint density at radius 1 is 1.37 bits per heavy atom. The van der Waals surface area contributed by atoms with Crippen molar-refractivity contribution in [2.24, 2.45) is 5.92 Å². The molecule has 104 valence electrons. The lowest BCUT2D eigenvalue weighted by molar-refractivity contribution is 0.288. The summed E-state index contributed by atoms with van der Waals surface area (Å²) in [6.45, 7) is 0.797. The maximum absolute atomic E-state index is 11.6. The van der Waals surface area contributed by atoms with Gasteiger partial charge in [-0.05, 0) is 42.4 Å². The van der Waals surface area contributed by atoms with Crippen LogP contribution in [0.2, 0.25) is 0 Å². The number of benzene rings is 1. The van der Waals surface area contributed by atoms with Crippen molar-refractivity contribution in [3.63, 3.8) is 0 Å². The SMILES string of the molecule is O=S1(=O)CCC(C(Br)c2ccc3c(c2)CCCO3)C1. The van der Waals surface area contributed by atoms with Gasteiger partial charge in [-0.2, -0.15) is 0 Å². The number of fused-ring (bicyclic) bond motifs is 1. The van der Waals surface area contributed by atoms with Crippen LogP contribution in [0.25, 0.3) is 0 Å². The number of hydrogen-bond donors (Lipinski definition) is 0. The van der Waals surface area contributed by atoms with Crippen LogP contribution in [0.15, 0.2) is 18.2 Å². The van der Waals surface area contributed by atoms with E-state index in [1.807, 2.05) is 6.07 Å². The number of aryl methyl sites for hydroxylation is 1. The van der Waals surface area contributed by atoms with Gasteiger partial charge in [-0.3, -0.25) is 0 Å². The molecule has 0 aliphatic carbocycles. The normalized spacial score (nSPS) is 26.5. The minimum absolute atomic E-state index is 0.122. The molecule has 2 atom stereocenters. The van der Waals surface area contributed by atoms with Crippen LogP contribution in [0.1, 0.15) is 28.8 Å². The van der Waals surface area contributed by atoms with Gasteiger partial charge in [-0.15, -0.1) is 0 Å². The van der Waals surface area contributed by atoms with Crippen LogP contribution < -0.4 is 4.74 Å². The maximum atomic E-state index is 11.6. The molecule has 0 aromatic heterocycles. The molecule has 19 heavy (non-hydrogen) atoms. The lowest BCUT2D eigenvalue weighted by Crippen LogP contribution is -2.12. The summed E-state index contributed by atoms with van der Waals surface area (Å²) in [4.78, 5) is 0.122. The molecule has 2 heterocycles. The van der Waals surface area contributed by atoms with Crippen molar-refractivity contribution in [2.75, 3.05) is 18.1 Å². The predicted octanol–water partition coefficient (Wildman–Crippen LogP) is 2.88. The Morgan fingerprint density at radius 3 is 2.95 bits per heavy atom. The molecule has 0 spiro atoms. The van der Waals surface area contributed by atoms with E-state index in [0.29, 0.717) is 11.5 Å². The molecule has 0 saturated carbocycles. The molecule has 0 amide bonds. The Hall–Kier alpha value is -0.550. The summed E-state index contributed by atoms with van der Waals surface area (Å²) in [6, 6.07) is 6.23. The quantitative estimate of drug-likeness (QED) is 0.774. The van der Waals surface area contributed by atoms with Crippen LogP contribution in [-0.2, 0) is 16.3 Å². The van der Waals surface area contributed by atoms with E-state index in [-0.39, 0.29) is 10.7 Å². The molecule has 3 rings (SSSR count). The molecule has 1 fully saturated rings. The zero-order valence-electron chi connectivity index (χ0n) is 10.6. The van der Waals surface area contributed by atoms with Gasteiger partial charge in [0.2, 0.25) is 0 Å². The second-order valence-electron chi connectivity index (χ2n) is 5.38. The van der Waals surface area contributed by atoms with Crippen LogP contribution in [-0.4, -0.2) is 26.5 Å². The summed E-state index contributed by atoms with van der Waals surface area (Å²) in [6.07, 6.45) is 2.86. The highest BCUT2D eigenvalue weighted by Crippen LogP contribution is 2.39. The summed E-state index contributed by atoms with van der Waals surface area (Å²) in [5.41, 5.74) is 2.42. The molecule has 1 aromatic rings. The Kier molecular flexibility index (Phi) is 3.60. The molecule has 5 heteroatoms. The molecule has 1 aromatic carbocycles. The highest BCUT2D eigenvalue weighted by Gasteiger charge is 2.33. The summed E-state index contributed by atoms with van der Waals surface area (Å²) >= 11 is 3.69. The minimum Gasteiger partial charge on any atom is -0.493 e.